The number of aliphatic hydroxyl groups is 2. The number of hydrogen-bond acceptors (Lipinski definition) is 13. The van der Waals surface area contributed by atoms with E-state index >= 15 is 0 Å². The molecule has 12 nitrogen and oxygen atoms in total. The molecule has 0 spiro atoms. The van der Waals surface area contributed by atoms with E-state index in [2.05, 4.69) is 0 Å². The number of benzene rings is 3. The fourth-order valence-corrected chi connectivity index (χ4v) is 7.36. The number of hydrogen-bond donors (Lipinski definition) is 5. The van der Waals surface area contributed by atoms with E-state index in [1.165, 1.54) is 25.3 Å². The van der Waals surface area contributed by atoms with Gasteiger partial charge in [-0.05, 0) is 13.0 Å². The van der Waals surface area contributed by atoms with Gasteiger partial charge in [-0.3, -0.25) is 19.2 Å². The third-order valence-electron chi connectivity index (χ3n) is 9.01. The SMILES string of the molecule is COc1cccc2c1C(=O)c1c(O)c3c(c(O)c1C2=O)C[C@@](O)(C(=O)CSC(=O)c1ccccc1)C[C@H]3O[C@H]1C[C@@H](N)[C@H](O)[C@H](C)O1. The Morgan fingerprint density at radius 1 is 1.02 bits per heavy atom. The number of rotatable bonds is 7. The van der Waals surface area contributed by atoms with Gasteiger partial charge in [0.2, 0.25) is 10.9 Å². The Bertz CT molecular complexity index is 1780. The minimum absolute atomic E-state index is 0.00478. The van der Waals surface area contributed by atoms with Crippen LogP contribution >= 0.6 is 11.8 Å². The molecule has 6 N–H and O–H groups in total. The van der Waals surface area contributed by atoms with Crippen molar-refractivity contribution in [2.24, 2.45) is 5.73 Å². The van der Waals surface area contributed by atoms with E-state index in [1.807, 2.05) is 0 Å². The number of carbonyl (C=O) groups excluding carboxylic acids is 4. The molecule has 6 atom stereocenters. The Labute approximate surface area is 273 Å². The van der Waals surface area contributed by atoms with Crippen LogP contribution in [0.3, 0.4) is 0 Å². The molecule has 2 aliphatic carbocycles. The molecule has 0 amide bonds. The number of ether oxygens (including phenoxy) is 3. The number of thioether (sulfide) groups is 1. The molecule has 47 heavy (non-hydrogen) atoms. The summed E-state index contributed by atoms with van der Waals surface area (Å²) in [5.41, 5.74) is 2.85. The van der Waals surface area contributed by atoms with E-state index in [4.69, 9.17) is 19.9 Å². The smallest absolute Gasteiger partial charge is 0.219 e. The van der Waals surface area contributed by atoms with E-state index in [9.17, 15) is 39.6 Å². The largest absolute Gasteiger partial charge is 0.507 e. The molecule has 0 radical (unpaired) electrons. The van der Waals surface area contributed by atoms with Crippen LogP contribution in [-0.4, -0.2) is 85.9 Å². The van der Waals surface area contributed by atoms with Crippen LogP contribution in [0.25, 0.3) is 0 Å². The topological polar surface area (TPSA) is 203 Å². The molecule has 3 aromatic carbocycles. The lowest BCUT2D eigenvalue weighted by Gasteiger charge is -2.42. The predicted molar refractivity (Wildman–Crippen MR) is 168 cm³/mol. The second-order valence-corrected chi connectivity index (χ2v) is 12.9. The summed E-state index contributed by atoms with van der Waals surface area (Å²) in [6.07, 6.45) is -5.19. The Morgan fingerprint density at radius 2 is 1.72 bits per heavy atom. The number of nitrogens with two attached hydrogens (primary N) is 1. The highest BCUT2D eigenvalue weighted by Crippen LogP contribution is 2.52. The average Bonchev–Trinajstić information content (AvgIpc) is 3.06. The maximum absolute atomic E-state index is 13.9. The second-order valence-electron chi connectivity index (χ2n) is 11.9. The zero-order chi connectivity index (χ0) is 33.8. The molecule has 13 heteroatoms. The normalized spacial score (nSPS) is 26.6. The van der Waals surface area contributed by atoms with Gasteiger partial charge < -0.3 is 40.4 Å². The summed E-state index contributed by atoms with van der Waals surface area (Å²) in [5.74, 6) is -4.00. The van der Waals surface area contributed by atoms with Gasteiger partial charge in [0.05, 0.1) is 47.9 Å². The third-order valence-corrected chi connectivity index (χ3v) is 9.91. The van der Waals surface area contributed by atoms with Crippen LogP contribution in [0.4, 0.5) is 0 Å². The van der Waals surface area contributed by atoms with Gasteiger partial charge in [-0.15, -0.1) is 0 Å². The zero-order valence-electron chi connectivity index (χ0n) is 25.5. The maximum Gasteiger partial charge on any atom is 0.219 e. The molecule has 6 rings (SSSR count). The summed E-state index contributed by atoms with van der Waals surface area (Å²) in [6.45, 7) is 1.59. The van der Waals surface area contributed by atoms with Crippen molar-refractivity contribution >= 4 is 34.2 Å². The van der Waals surface area contributed by atoms with Gasteiger partial charge >= 0.3 is 0 Å². The van der Waals surface area contributed by atoms with Crippen LogP contribution in [0.1, 0.15) is 79.2 Å². The van der Waals surface area contributed by atoms with Gasteiger partial charge in [-0.2, -0.15) is 0 Å². The summed E-state index contributed by atoms with van der Waals surface area (Å²) in [6, 6.07) is 11.9. The lowest BCUT2D eigenvalue weighted by molar-refractivity contribution is -0.247. The first-order valence-electron chi connectivity index (χ1n) is 15.0. The third kappa shape index (κ3) is 5.62. The molecule has 1 aliphatic heterocycles. The summed E-state index contributed by atoms with van der Waals surface area (Å²) in [4.78, 5) is 54.0. The summed E-state index contributed by atoms with van der Waals surface area (Å²) < 4.78 is 17.3. The quantitative estimate of drug-likeness (QED) is 0.181. The molecule has 3 aromatic rings. The van der Waals surface area contributed by atoms with Gasteiger partial charge in [-0.25, -0.2) is 0 Å². The van der Waals surface area contributed by atoms with Gasteiger partial charge in [0, 0.05) is 47.6 Å². The van der Waals surface area contributed by atoms with Crippen molar-refractivity contribution in [2.45, 2.75) is 62.4 Å². The molecule has 0 saturated carbocycles. The fraction of sp³-hybridized carbons (Fsp3) is 0.353. The number of carbonyl (C=O) groups is 4. The average molecular weight is 664 g/mol. The highest BCUT2D eigenvalue weighted by Gasteiger charge is 2.50. The zero-order valence-corrected chi connectivity index (χ0v) is 26.3. The Balaban J connectivity index is 1.42. The molecule has 246 valence electrons. The fourth-order valence-electron chi connectivity index (χ4n) is 6.53. The summed E-state index contributed by atoms with van der Waals surface area (Å²) >= 11 is 0.695. The number of Topliss-reactive ketones (excluding diaryl/α,β-unsaturated/α-hetero) is 1. The molecular weight excluding hydrogens is 630 g/mol. The number of phenolic OH excluding ortho intramolecular Hbond substituents is 2. The van der Waals surface area contributed by atoms with Crippen molar-refractivity contribution in [3.8, 4) is 17.2 Å². The minimum atomic E-state index is -2.23. The Morgan fingerprint density at radius 3 is 2.40 bits per heavy atom. The first kappa shape index (κ1) is 32.8. The number of aliphatic hydroxyl groups excluding tert-OH is 1. The number of fused-ring (bicyclic) bond motifs is 3. The lowest BCUT2D eigenvalue weighted by atomic mass is 9.72. The van der Waals surface area contributed by atoms with Crippen molar-refractivity contribution in [1.29, 1.82) is 0 Å². The number of phenols is 2. The molecule has 1 saturated heterocycles. The van der Waals surface area contributed by atoms with Gasteiger partial charge in [0.1, 0.15) is 22.8 Å². The van der Waals surface area contributed by atoms with Crippen LogP contribution < -0.4 is 10.5 Å². The van der Waals surface area contributed by atoms with Gasteiger partial charge in [-0.1, -0.05) is 54.2 Å². The molecule has 1 fully saturated rings. The van der Waals surface area contributed by atoms with Crippen molar-refractivity contribution in [3.05, 3.63) is 87.5 Å². The first-order chi connectivity index (χ1) is 22.4. The summed E-state index contributed by atoms with van der Waals surface area (Å²) in [7, 11) is 1.33. The molecule has 0 aromatic heterocycles. The van der Waals surface area contributed by atoms with Gasteiger partial charge in [0.15, 0.2) is 17.9 Å². The molecule has 0 unspecified atom stereocenters. The highest BCUT2D eigenvalue weighted by atomic mass is 32.2. The van der Waals surface area contributed by atoms with E-state index in [0.717, 1.165) is 0 Å². The highest BCUT2D eigenvalue weighted by molar-refractivity contribution is 8.14. The molecule has 3 aliphatic rings. The van der Waals surface area contributed by atoms with E-state index in [-0.39, 0.29) is 34.4 Å². The van der Waals surface area contributed by atoms with Gasteiger partial charge in [0.25, 0.3) is 0 Å². The van der Waals surface area contributed by atoms with Crippen molar-refractivity contribution in [2.75, 3.05) is 12.9 Å². The molecular formula is C34H33NO11S. The van der Waals surface area contributed by atoms with Crippen molar-refractivity contribution in [1.82, 2.24) is 0 Å². The number of aromatic hydroxyl groups is 2. The molecule has 0 bridgehead atoms. The first-order valence-corrected chi connectivity index (χ1v) is 15.9. The van der Waals surface area contributed by atoms with E-state index in [0.29, 0.717) is 17.3 Å². The van der Waals surface area contributed by atoms with Crippen LogP contribution in [-0.2, 0) is 20.7 Å². The van der Waals surface area contributed by atoms with Crippen LogP contribution in [0.2, 0.25) is 0 Å². The van der Waals surface area contributed by atoms with E-state index < -0.39 is 99.9 Å². The predicted octanol–water partition coefficient (Wildman–Crippen LogP) is 2.58. The lowest BCUT2D eigenvalue weighted by Crippen LogP contribution is -2.53. The Hall–Kier alpha value is -4.11. The maximum atomic E-state index is 13.9. The van der Waals surface area contributed by atoms with E-state index in [1.54, 1.807) is 37.3 Å². The van der Waals surface area contributed by atoms with Crippen LogP contribution in [0, 0.1) is 0 Å². The van der Waals surface area contributed by atoms with Crippen molar-refractivity contribution in [3.63, 3.8) is 0 Å². The molecule has 1 heterocycles. The minimum Gasteiger partial charge on any atom is -0.507 e. The number of methoxy groups -OCH3 is 1. The van der Waals surface area contributed by atoms with Crippen LogP contribution in [0.5, 0.6) is 17.2 Å². The monoisotopic (exact) mass is 663 g/mol. The Kier molecular flexibility index (Phi) is 8.72. The number of ketones is 3. The summed E-state index contributed by atoms with van der Waals surface area (Å²) in [5, 5.41) is 45.1. The standard InChI is InChI=1S/C34H33NO11S/c1-15-28(37)19(35)11-23(45-15)46-21-13-34(43,22(36)14-47-33(42)16-7-4-3-5-8-16)12-18-25(21)32(41)27-26(30(18)39)29(38)17-9-6-10-20(44-2)24(17)31(27)40/h3-10,15,19,21,23,28,37,39,41,43H,11-14,35H2,1-2H3/t15-,19+,21+,23-,28+,34-/m0/s1. The second kappa shape index (κ2) is 12.5. The van der Waals surface area contributed by atoms with Crippen molar-refractivity contribution < 1.29 is 53.8 Å². The van der Waals surface area contributed by atoms with Crippen LogP contribution in [0.15, 0.2) is 48.5 Å².